The second-order valence-corrected chi connectivity index (χ2v) is 4.13. The van der Waals surface area contributed by atoms with E-state index < -0.39 is 0 Å². The van der Waals surface area contributed by atoms with Crippen molar-refractivity contribution in [2.75, 3.05) is 19.7 Å². The Labute approximate surface area is 92.2 Å². The van der Waals surface area contributed by atoms with E-state index in [1.165, 1.54) is 25.7 Å². The second kappa shape index (κ2) is 6.67. The van der Waals surface area contributed by atoms with Gasteiger partial charge in [-0.25, -0.2) is 4.99 Å². The van der Waals surface area contributed by atoms with E-state index in [0.29, 0.717) is 5.96 Å². The number of hydrogen-bond acceptors (Lipinski definition) is 2. The number of likely N-dealkylation sites (tertiary alicyclic amines) is 1. The van der Waals surface area contributed by atoms with Gasteiger partial charge in [-0.15, -0.1) is 0 Å². The van der Waals surface area contributed by atoms with Gasteiger partial charge in [0.05, 0.1) is 12.6 Å². The van der Waals surface area contributed by atoms with Crippen LogP contribution in [0.5, 0.6) is 0 Å². The highest BCUT2D eigenvalue weighted by atomic mass is 16.3. The number of hydrogen-bond donors (Lipinski definition) is 2. The van der Waals surface area contributed by atoms with Crippen molar-refractivity contribution in [3.8, 4) is 0 Å². The molecule has 0 saturated carbocycles. The lowest BCUT2D eigenvalue weighted by Gasteiger charge is -2.22. The third kappa shape index (κ3) is 4.08. The van der Waals surface area contributed by atoms with Crippen LogP contribution in [-0.4, -0.2) is 41.7 Å². The number of aliphatic hydroxyl groups excluding tert-OH is 1. The smallest absolute Gasteiger partial charge is 0.191 e. The maximum absolute atomic E-state index is 9.05. The molecule has 0 aromatic heterocycles. The van der Waals surface area contributed by atoms with Crippen molar-refractivity contribution in [3.05, 3.63) is 0 Å². The number of rotatable bonds is 3. The van der Waals surface area contributed by atoms with Gasteiger partial charge in [-0.3, -0.25) is 0 Å². The van der Waals surface area contributed by atoms with Gasteiger partial charge in [-0.1, -0.05) is 19.8 Å². The summed E-state index contributed by atoms with van der Waals surface area (Å²) in [6.45, 7) is 4.12. The van der Waals surface area contributed by atoms with Gasteiger partial charge < -0.3 is 15.7 Å². The van der Waals surface area contributed by atoms with E-state index in [-0.39, 0.29) is 12.6 Å². The lowest BCUT2D eigenvalue weighted by Crippen LogP contribution is -2.39. The fourth-order valence-electron chi connectivity index (χ4n) is 1.83. The van der Waals surface area contributed by atoms with Gasteiger partial charge in [0.15, 0.2) is 5.96 Å². The molecule has 0 amide bonds. The molecule has 15 heavy (non-hydrogen) atoms. The Morgan fingerprint density at radius 3 is 2.40 bits per heavy atom. The molecule has 1 atom stereocenters. The highest BCUT2D eigenvalue weighted by Gasteiger charge is 2.12. The average molecular weight is 213 g/mol. The molecule has 0 aliphatic carbocycles. The molecular weight excluding hydrogens is 190 g/mol. The Bertz CT molecular complexity index is 194. The Kier molecular flexibility index (Phi) is 5.47. The summed E-state index contributed by atoms with van der Waals surface area (Å²) < 4.78 is 0. The molecule has 1 rings (SSSR count). The predicted molar refractivity (Wildman–Crippen MR) is 62.8 cm³/mol. The maximum atomic E-state index is 9.05. The summed E-state index contributed by atoms with van der Waals surface area (Å²) in [7, 11) is 0. The molecule has 0 radical (unpaired) electrons. The first-order chi connectivity index (χ1) is 7.27. The van der Waals surface area contributed by atoms with Crippen LogP contribution in [0.2, 0.25) is 0 Å². The maximum Gasteiger partial charge on any atom is 0.191 e. The van der Waals surface area contributed by atoms with E-state index in [2.05, 4.69) is 9.89 Å². The number of nitrogens with two attached hydrogens (primary N) is 1. The summed E-state index contributed by atoms with van der Waals surface area (Å²) in [4.78, 5) is 6.49. The van der Waals surface area contributed by atoms with Crippen molar-refractivity contribution in [1.29, 1.82) is 0 Å². The summed E-state index contributed by atoms with van der Waals surface area (Å²) in [5.74, 6) is 0.609. The van der Waals surface area contributed by atoms with Crippen LogP contribution >= 0.6 is 0 Å². The molecule has 0 bridgehead atoms. The normalized spacial score (nSPS) is 21.2. The lowest BCUT2D eigenvalue weighted by atomic mass is 10.2. The summed E-state index contributed by atoms with van der Waals surface area (Å²) in [5, 5.41) is 9.05. The van der Waals surface area contributed by atoms with Crippen LogP contribution in [0.3, 0.4) is 0 Å². The third-order valence-corrected chi connectivity index (χ3v) is 2.93. The van der Waals surface area contributed by atoms with E-state index in [1.807, 2.05) is 6.92 Å². The summed E-state index contributed by atoms with van der Waals surface area (Å²) >= 11 is 0. The van der Waals surface area contributed by atoms with Gasteiger partial charge in [0, 0.05) is 13.1 Å². The molecule has 0 spiro atoms. The molecule has 0 aromatic rings. The fraction of sp³-hybridized carbons (Fsp3) is 0.909. The average Bonchev–Trinajstić information content (AvgIpc) is 2.54. The van der Waals surface area contributed by atoms with Crippen LogP contribution in [0.4, 0.5) is 0 Å². The van der Waals surface area contributed by atoms with E-state index in [4.69, 9.17) is 10.8 Å². The number of aliphatic imine (C=N–C) groups is 1. The quantitative estimate of drug-likeness (QED) is 0.542. The van der Waals surface area contributed by atoms with Crippen molar-refractivity contribution >= 4 is 5.96 Å². The van der Waals surface area contributed by atoms with Crippen LogP contribution in [0.15, 0.2) is 4.99 Å². The zero-order valence-electron chi connectivity index (χ0n) is 9.65. The summed E-state index contributed by atoms with van der Waals surface area (Å²) in [6, 6.07) is -0.0340. The Balaban J connectivity index is 2.51. The van der Waals surface area contributed by atoms with Crippen LogP contribution in [0, 0.1) is 0 Å². The van der Waals surface area contributed by atoms with Crippen LogP contribution in [-0.2, 0) is 0 Å². The molecule has 88 valence electrons. The third-order valence-electron chi connectivity index (χ3n) is 2.93. The molecule has 1 heterocycles. The van der Waals surface area contributed by atoms with E-state index >= 15 is 0 Å². The minimum Gasteiger partial charge on any atom is -0.394 e. The minimum atomic E-state index is -0.0340. The van der Waals surface area contributed by atoms with Gasteiger partial charge in [0.2, 0.25) is 0 Å². The number of nitrogens with zero attached hydrogens (tertiary/aromatic N) is 2. The number of aliphatic hydroxyl groups is 1. The van der Waals surface area contributed by atoms with Crippen molar-refractivity contribution in [3.63, 3.8) is 0 Å². The van der Waals surface area contributed by atoms with Crippen LogP contribution in [0.1, 0.15) is 39.0 Å². The van der Waals surface area contributed by atoms with Crippen LogP contribution in [0.25, 0.3) is 0 Å². The summed E-state index contributed by atoms with van der Waals surface area (Å²) in [5.41, 5.74) is 5.93. The van der Waals surface area contributed by atoms with Gasteiger partial charge in [0.1, 0.15) is 0 Å². The van der Waals surface area contributed by atoms with Crippen LogP contribution < -0.4 is 5.73 Å². The Hall–Kier alpha value is -0.770. The highest BCUT2D eigenvalue weighted by Crippen LogP contribution is 2.09. The molecule has 1 aliphatic rings. The zero-order valence-corrected chi connectivity index (χ0v) is 9.65. The highest BCUT2D eigenvalue weighted by molar-refractivity contribution is 5.78. The Morgan fingerprint density at radius 1 is 1.33 bits per heavy atom. The Morgan fingerprint density at radius 2 is 1.93 bits per heavy atom. The van der Waals surface area contributed by atoms with Crippen molar-refractivity contribution in [2.45, 2.75) is 45.1 Å². The molecule has 3 N–H and O–H groups in total. The standard InChI is InChI=1S/C11H23N3O/c1-2-10(9-15)13-11(12)14-7-5-3-4-6-8-14/h10,15H,2-9H2,1H3,(H2,12,13)/t10-/m1/s1. The topological polar surface area (TPSA) is 61.9 Å². The molecule has 0 aromatic carbocycles. The largest absolute Gasteiger partial charge is 0.394 e. The zero-order chi connectivity index (χ0) is 11.1. The van der Waals surface area contributed by atoms with Crippen molar-refractivity contribution < 1.29 is 5.11 Å². The van der Waals surface area contributed by atoms with Crippen molar-refractivity contribution in [1.82, 2.24) is 4.90 Å². The molecule has 1 saturated heterocycles. The molecule has 4 heteroatoms. The predicted octanol–water partition coefficient (Wildman–Crippen LogP) is 0.948. The van der Waals surface area contributed by atoms with Crippen molar-refractivity contribution in [2.24, 2.45) is 10.7 Å². The lowest BCUT2D eigenvalue weighted by molar-refractivity contribution is 0.262. The van der Waals surface area contributed by atoms with Gasteiger partial charge in [-0.2, -0.15) is 0 Å². The fourth-order valence-corrected chi connectivity index (χ4v) is 1.83. The van der Waals surface area contributed by atoms with E-state index in [0.717, 1.165) is 19.5 Å². The van der Waals surface area contributed by atoms with E-state index in [1.54, 1.807) is 0 Å². The van der Waals surface area contributed by atoms with E-state index in [9.17, 15) is 0 Å². The molecule has 0 unspecified atom stereocenters. The monoisotopic (exact) mass is 213 g/mol. The first-order valence-electron chi connectivity index (χ1n) is 5.97. The molecule has 1 fully saturated rings. The number of guanidine groups is 1. The summed E-state index contributed by atoms with van der Waals surface area (Å²) in [6.07, 6.45) is 5.82. The van der Waals surface area contributed by atoms with Gasteiger partial charge in [0.25, 0.3) is 0 Å². The first-order valence-corrected chi connectivity index (χ1v) is 5.97. The minimum absolute atomic E-state index is 0.0340. The molecule has 4 nitrogen and oxygen atoms in total. The molecular formula is C11H23N3O. The van der Waals surface area contributed by atoms with Gasteiger partial charge in [-0.05, 0) is 19.3 Å². The SMILES string of the molecule is CC[C@H](CO)N=C(N)N1CCCCCC1. The van der Waals surface area contributed by atoms with Gasteiger partial charge >= 0.3 is 0 Å². The first kappa shape index (κ1) is 12.3. The molecule has 1 aliphatic heterocycles. The second-order valence-electron chi connectivity index (χ2n) is 4.13.